The molecule has 0 saturated carbocycles. The van der Waals surface area contributed by atoms with Gasteiger partial charge < -0.3 is 28.3 Å². The fraction of sp³-hybridized carbons (Fsp3) is 0.333. The van der Waals surface area contributed by atoms with Crippen molar-refractivity contribution in [3.63, 3.8) is 0 Å². The molecule has 0 aliphatic carbocycles. The summed E-state index contributed by atoms with van der Waals surface area (Å²) in [7, 11) is 1.58. The zero-order valence-corrected chi connectivity index (χ0v) is 23.8. The normalized spacial score (nSPS) is 17.0. The number of nitrogens with zero attached hydrogens (tertiary/aromatic N) is 2. The highest BCUT2D eigenvalue weighted by Gasteiger charge is 2.43. The third-order valence-electron chi connectivity index (χ3n) is 7.75. The second-order valence-electron chi connectivity index (χ2n) is 10.3. The first-order chi connectivity index (χ1) is 20.6. The van der Waals surface area contributed by atoms with Gasteiger partial charge in [-0.15, -0.1) is 0 Å². The van der Waals surface area contributed by atoms with E-state index in [9.17, 15) is 9.59 Å². The lowest BCUT2D eigenvalue weighted by Crippen LogP contribution is -2.42. The van der Waals surface area contributed by atoms with Crippen molar-refractivity contribution in [2.24, 2.45) is 0 Å². The molecule has 2 aliphatic heterocycles. The molecule has 0 radical (unpaired) electrons. The molecule has 1 aromatic heterocycles. The Balaban J connectivity index is 1.39. The molecule has 3 aromatic carbocycles. The molecule has 1 amide bonds. The molecule has 9 nitrogen and oxygen atoms in total. The quantitative estimate of drug-likeness (QED) is 0.272. The van der Waals surface area contributed by atoms with Crippen LogP contribution in [0.3, 0.4) is 0 Å². The summed E-state index contributed by atoms with van der Waals surface area (Å²) in [5, 5.41) is 0.403. The molecule has 0 bridgehead atoms. The van der Waals surface area contributed by atoms with E-state index in [0.29, 0.717) is 73.3 Å². The molecule has 3 heterocycles. The Morgan fingerprint density at radius 2 is 1.71 bits per heavy atom. The van der Waals surface area contributed by atoms with E-state index in [1.807, 2.05) is 55.5 Å². The van der Waals surface area contributed by atoms with Crippen LogP contribution in [0.4, 0.5) is 0 Å². The smallest absolute Gasteiger partial charge is 0.290 e. The summed E-state index contributed by atoms with van der Waals surface area (Å²) in [4.78, 5) is 31.9. The molecule has 1 unspecified atom stereocenters. The first kappa shape index (κ1) is 27.8. The summed E-state index contributed by atoms with van der Waals surface area (Å²) < 4.78 is 29.0. The van der Waals surface area contributed by atoms with E-state index >= 15 is 0 Å². The second-order valence-corrected chi connectivity index (χ2v) is 10.3. The number of benzene rings is 3. The van der Waals surface area contributed by atoms with Crippen molar-refractivity contribution >= 4 is 16.9 Å². The Hall–Kier alpha value is -4.34. The van der Waals surface area contributed by atoms with E-state index in [-0.39, 0.29) is 17.1 Å². The molecule has 6 rings (SSSR count). The van der Waals surface area contributed by atoms with Crippen LogP contribution in [0.5, 0.6) is 17.2 Å². The number of hydrogen-bond donors (Lipinski definition) is 0. The van der Waals surface area contributed by atoms with Crippen molar-refractivity contribution in [3.05, 3.63) is 99.4 Å². The lowest BCUT2D eigenvalue weighted by Gasteiger charge is -2.31. The minimum Gasteiger partial charge on any atom is -0.494 e. The lowest BCUT2D eigenvalue weighted by atomic mass is 9.98. The Labute approximate surface area is 244 Å². The van der Waals surface area contributed by atoms with Gasteiger partial charge in [-0.2, -0.15) is 0 Å². The highest BCUT2D eigenvalue weighted by molar-refractivity contribution is 5.99. The molecular formula is C33H34N2O7. The zero-order chi connectivity index (χ0) is 29.1. The fourth-order valence-corrected chi connectivity index (χ4v) is 5.62. The monoisotopic (exact) mass is 570 g/mol. The van der Waals surface area contributed by atoms with Gasteiger partial charge in [-0.3, -0.25) is 14.5 Å². The number of carbonyl (C=O) groups excluding carboxylic acids is 1. The van der Waals surface area contributed by atoms with Crippen LogP contribution in [0.25, 0.3) is 11.0 Å². The highest BCUT2D eigenvalue weighted by Crippen LogP contribution is 2.41. The van der Waals surface area contributed by atoms with Crippen molar-refractivity contribution < 1.29 is 28.2 Å². The molecular weight excluding hydrogens is 536 g/mol. The Morgan fingerprint density at radius 3 is 2.48 bits per heavy atom. The number of morpholine rings is 1. The molecule has 0 spiro atoms. The van der Waals surface area contributed by atoms with Gasteiger partial charge in [0.25, 0.3) is 5.91 Å². The maximum Gasteiger partial charge on any atom is 0.290 e. The van der Waals surface area contributed by atoms with E-state index in [1.165, 1.54) is 0 Å². The summed E-state index contributed by atoms with van der Waals surface area (Å²) in [6.45, 7) is 6.72. The van der Waals surface area contributed by atoms with Gasteiger partial charge in [0.15, 0.2) is 16.9 Å². The van der Waals surface area contributed by atoms with Gasteiger partial charge in [-0.1, -0.05) is 36.4 Å². The molecule has 2 aliphatic rings. The predicted octanol–water partition coefficient (Wildman–Crippen LogP) is 4.66. The summed E-state index contributed by atoms with van der Waals surface area (Å²) >= 11 is 0. The summed E-state index contributed by atoms with van der Waals surface area (Å²) in [6.07, 6.45) is 0. The number of carbonyl (C=O) groups is 1. The first-order valence-corrected chi connectivity index (χ1v) is 14.3. The van der Waals surface area contributed by atoms with Crippen molar-refractivity contribution in [1.29, 1.82) is 0 Å². The number of methoxy groups -OCH3 is 1. The van der Waals surface area contributed by atoms with Gasteiger partial charge in [0, 0.05) is 32.2 Å². The van der Waals surface area contributed by atoms with Crippen LogP contribution >= 0.6 is 0 Å². The molecule has 4 aromatic rings. The Bertz CT molecular complexity index is 1630. The van der Waals surface area contributed by atoms with Crippen molar-refractivity contribution in [2.75, 3.05) is 53.1 Å². The maximum absolute atomic E-state index is 14.0. The van der Waals surface area contributed by atoms with E-state index in [4.69, 9.17) is 23.4 Å². The van der Waals surface area contributed by atoms with Crippen molar-refractivity contribution in [1.82, 2.24) is 9.80 Å². The molecule has 218 valence electrons. The third kappa shape index (κ3) is 5.45. The molecule has 0 N–H and O–H groups in total. The first-order valence-electron chi connectivity index (χ1n) is 14.3. The van der Waals surface area contributed by atoms with Gasteiger partial charge >= 0.3 is 0 Å². The SMILES string of the molecule is CCOc1ccc2c(=O)c3c(oc2c1)C(=O)N(CCN1CCOCC1)C3c1ccc(OCc2ccccc2)c(OC)c1. The van der Waals surface area contributed by atoms with E-state index in [2.05, 4.69) is 4.90 Å². The van der Waals surface area contributed by atoms with Gasteiger partial charge in [-0.25, -0.2) is 0 Å². The van der Waals surface area contributed by atoms with Gasteiger partial charge in [0.1, 0.15) is 17.9 Å². The average molecular weight is 571 g/mol. The summed E-state index contributed by atoms with van der Waals surface area (Å²) in [6, 6.07) is 19.9. The fourth-order valence-electron chi connectivity index (χ4n) is 5.62. The van der Waals surface area contributed by atoms with Gasteiger partial charge in [0.2, 0.25) is 5.76 Å². The molecule has 1 fully saturated rings. The average Bonchev–Trinajstić information content (AvgIpc) is 3.31. The zero-order valence-electron chi connectivity index (χ0n) is 23.8. The largest absolute Gasteiger partial charge is 0.494 e. The number of ether oxygens (including phenoxy) is 4. The minimum absolute atomic E-state index is 0.0662. The van der Waals surface area contributed by atoms with E-state index < -0.39 is 6.04 Å². The second kappa shape index (κ2) is 12.3. The number of rotatable bonds is 10. The lowest BCUT2D eigenvalue weighted by molar-refractivity contribution is 0.0314. The van der Waals surface area contributed by atoms with Crippen LogP contribution in [-0.2, 0) is 11.3 Å². The van der Waals surface area contributed by atoms with Crippen molar-refractivity contribution in [2.45, 2.75) is 19.6 Å². The van der Waals surface area contributed by atoms with Crippen LogP contribution in [0.1, 0.15) is 40.2 Å². The van der Waals surface area contributed by atoms with E-state index in [1.54, 1.807) is 30.2 Å². The van der Waals surface area contributed by atoms with Crippen LogP contribution in [0, 0.1) is 0 Å². The molecule has 1 atom stereocenters. The van der Waals surface area contributed by atoms with Gasteiger partial charge in [0.05, 0.1) is 43.9 Å². The molecule has 1 saturated heterocycles. The minimum atomic E-state index is -0.641. The molecule has 42 heavy (non-hydrogen) atoms. The Morgan fingerprint density at radius 1 is 0.905 bits per heavy atom. The number of amides is 1. The van der Waals surface area contributed by atoms with E-state index in [0.717, 1.165) is 24.2 Å². The number of fused-ring (bicyclic) bond motifs is 2. The number of hydrogen-bond acceptors (Lipinski definition) is 8. The maximum atomic E-state index is 14.0. The van der Waals surface area contributed by atoms with Crippen LogP contribution in [0.2, 0.25) is 0 Å². The standard InChI is InChI=1S/C33H34N2O7/c1-3-40-24-10-11-25-27(20-24)42-32-29(31(25)36)30(35(33(32)37)14-13-34-15-17-39-18-16-34)23-9-12-26(28(19-23)38-2)41-21-22-7-5-4-6-8-22/h4-12,19-20,30H,3,13-18,21H2,1-2H3. The van der Waals surface area contributed by atoms with Crippen LogP contribution in [-0.4, -0.2) is 68.8 Å². The third-order valence-corrected chi connectivity index (χ3v) is 7.75. The summed E-state index contributed by atoms with van der Waals surface area (Å²) in [5.41, 5.74) is 2.20. The van der Waals surface area contributed by atoms with Crippen LogP contribution in [0.15, 0.2) is 75.9 Å². The summed E-state index contributed by atoms with van der Waals surface area (Å²) in [5.74, 6) is 1.42. The topological polar surface area (TPSA) is 90.7 Å². The Kier molecular flexibility index (Phi) is 8.12. The van der Waals surface area contributed by atoms with Gasteiger partial charge in [-0.05, 0) is 42.3 Å². The molecule has 9 heteroatoms. The predicted molar refractivity (Wildman–Crippen MR) is 158 cm³/mol. The van der Waals surface area contributed by atoms with Crippen LogP contribution < -0.4 is 19.6 Å². The highest BCUT2D eigenvalue weighted by atomic mass is 16.5. The van der Waals surface area contributed by atoms with Crippen molar-refractivity contribution in [3.8, 4) is 17.2 Å².